The molecule has 0 aliphatic rings. The average molecular weight is 438 g/mol. The Morgan fingerprint density at radius 1 is 1.57 bits per heavy atom. The molecule has 0 saturated heterocycles. The lowest BCUT2D eigenvalue weighted by molar-refractivity contribution is 0.201. The van der Waals surface area contributed by atoms with Gasteiger partial charge in [-0.2, -0.15) is 0 Å². The largest absolute Gasteiger partial charge is 0.378 e. The highest BCUT2D eigenvalue weighted by atomic mass is 127. The molecule has 0 bridgehead atoms. The van der Waals surface area contributed by atoms with E-state index in [-0.39, 0.29) is 1.93 Å². The summed E-state index contributed by atoms with van der Waals surface area (Å²) in [6.07, 6.45) is 0. The Balaban J connectivity index is 3.54. The van der Waals surface area contributed by atoms with Crippen LogP contribution in [0, 0.1) is 0 Å². The van der Waals surface area contributed by atoms with Gasteiger partial charge >= 0.3 is 0 Å². The molecule has 1 atom stereocenters. The molecule has 0 radical (unpaired) electrons. The summed E-state index contributed by atoms with van der Waals surface area (Å²) in [6.45, 7) is 1.79. The van der Waals surface area contributed by atoms with Crippen LogP contribution in [-0.4, -0.2) is 10.6 Å². The molecule has 0 aromatic rings. The van der Waals surface area contributed by atoms with Crippen LogP contribution in [0.25, 0.3) is 0 Å². The van der Waals surface area contributed by atoms with E-state index in [1.807, 2.05) is 22.6 Å². The van der Waals surface area contributed by atoms with Crippen molar-refractivity contribution in [1.82, 2.24) is 0 Å². The standard InChI is InChI=1S/C3H5I3O/c1-3(6,7)2(4)5/h2,7H,1H3. The summed E-state index contributed by atoms with van der Waals surface area (Å²) in [5.74, 6) is 0. The molecule has 0 saturated carbocycles. The zero-order valence-electron chi connectivity index (χ0n) is 3.66. The van der Waals surface area contributed by atoms with Crippen molar-refractivity contribution in [2.45, 2.75) is 12.5 Å². The molecule has 0 amide bonds. The lowest BCUT2D eigenvalue weighted by Crippen LogP contribution is -2.21. The van der Waals surface area contributed by atoms with Crippen LogP contribution in [0.5, 0.6) is 0 Å². The second-order valence-corrected chi connectivity index (χ2v) is 8.38. The Kier molecular flexibility index (Phi) is 4.38. The molecule has 44 valence electrons. The number of hydrogen-bond acceptors (Lipinski definition) is 1. The van der Waals surface area contributed by atoms with Crippen molar-refractivity contribution in [1.29, 1.82) is 0 Å². The second kappa shape index (κ2) is 3.35. The fourth-order valence-electron chi connectivity index (χ4n) is 0. The highest BCUT2D eigenvalue weighted by Gasteiger charge is 2.22. The molecule has 4 heteroatoms. The maximum atomic E-state index is 9.07. The van der Waals surface area contributed by atoms with Crippen LogP contribution in [0.1, 0.15) is 6.92 Å². The van der Waals surface area contributed by atoms with Crippen LogP contribution < -0.4 is 0 Å². The summed E-state index contributed by atoms with van der Waals surface area (Å²) in [5, 5.41) is 9.07. The molecule has 7 heavy (non-hydrogen) atoms. The molecule has 0 aromatic carbocycles. The maximum absolute atomic E-state index is 9.07. The van der Waals surface area contributed by atoms with E-state index in [2.05, 4.69) is 45.2 Å². The molecule has 0 spiro atoms. The third-order valence-electron chi connectivity index (χ3n) is 0.398. The minimum atomic E-state index is -0.557. The maximum Gasteiger partial charge on any atom is 0.133 e. The summed E-state index contributed by atoms with van der Waals surface area (Å²) < 4.78 is -0.276. The van der Waals surface area contributed by atoms with Crippen molar-refractivity contribution < 1.29 is 5.11 Å². The van der Waals surface area contributed by atoms with Crippen LogP contribution in [0.15, 0.2) is 0 Å². The Morgan fingerprint density at radius 3 is 1.71 bits per heavy atom. The van der Waals surface area contributed by atoms with Crippen molar-refractivity contribution in [3.63, 3.8) is 0 Å². The Bertz CT molecular complexity index is 55.7. The zero-order valence-corrected chi connectivity index (χ0v) is 10.1. The molecule has 0 rings (SSSR count). The predicted octanol–water partition coefficient (Wildman–Crippen LogP) is 2.33. The van der Waals surface area contributed by atoms with Crippen LogP contribution in [0.3, 0.4) is 0 Å². The Labute approximate surface area is 84.0 Å². The average Bonchev–Trinajstić information content (AvgIpc) is 1.31. The number of aliphatic hydroxyl groups is 1. The molecule has 1 unspecified atom stereocenters. The van der Waals surface area contributed by atoms with Gasteiger partial charge in [0.1, 0.15) is 5.54 Å². The van der Waals surface area contributed by atoms with E-state index < -0.39 is 3.61 Å². The number of alkyl halides is 3. The first-order valence-corrected chi connectivity index (χ1v) is 5.21. The van der Waals surface area contributed by atoms with Gasteiger partial charge in [-0.05, 0) is 29.5 Å². The van der Waals surface area contributed by atoms with Gasteiger partial charge in [0.25, 0.3) is 0 Å². The molecule has 0 aromatic heterocycles. The first-order chi connectivity index (χ1) is 2.94. The van der Waals surface area contributed by atoms with Gasteiger partial charge in [0.05, 0.1) is 0 Å². The summed E-state index contributed by atoms with van der Waals surface area (Å²) >= 11 is 6.36. The fourth-order valence-corrected chi connectivity index (χ4v) is 0. The lowest BCUT2D eigenvalue weighted by atomic mass is 10.5. The van der Waals surface area contributed by atoms with E-state index in [1.165, 1.54) is 0 Å². The minimum Gasteiger partial charge on any atom is -0.378 e. The first-order valence-electron chi connectivity index (χ1n) is 1.64. The monoisotopic (exact) mass is 438 g/mol. The van der Waals surface area contributed by atoms with Crippen molar-refractivity contribution in [3.05, 3.63) is 0 Å². The quantitative estimate of drug-likeness (QED) is 0.493. The van der Waals surface area contributed by atoms with Gasteiger partial charge in [-0.15, -0.1) is 0 Å². The van der Waals surface area contributed by atoms with Crippen LogP contribution in [-0.2, 0) is 0 Å². The van der Waals surface area contributed by atoms with E-state index in [4.69, 9.17) is 5.11 Å². The molecule has 1 N–H and O–H groups in total. The second-order valence-electron chi connectivity index (χ2n) is 1.32. The van der Waals surface area contributed by atoms with Crippen molar-refractivity contribution >= 4 is 67.8 Å². The third kappa shape index (κ3) is 4.64. The lowest BCUT2D eigenvalue weighted by Gasteiger charge is -2.15. The molecule has 0 aliphatic heterocycles. The van der Waals surface area contributed by atoms with Crippen LogP contribution in [0.4, 0.5) is 0 Å². The van der Waals surface area contributed by atoms with Crippen molar-refractivity contribution in [2.75, 3.05) is 0 Å². The van der Waals surface area contributed by atoms with Gasteiger partial charge in [-0.1, -0.05) is 45.2 Å². The number of hydrogen-bond donors (Lipinski definition) is 1. The summed E-state index contributed by atoms with van der Waals surface area (Å²) in [4.78, 5) is 0. The predicted molar refractivity (Wildman–Crippen MR) is 56.5 cm³/mol. The van der Waals surface area contributed by atoms with Crippen molar-refractivity contribution in [3.8, 4) is 0 Å². The SMILES string of the molecule is CC(O)(I)C(I)I. The van der Waals surface area contributed by atoms with Gasteiger partial charge in [-0.3, -0.25) is 0 Å². The molecule has 1 nitrogen and oxygen atoms in total. The minimum absolute atomic E-state index is 0.281. The van der Waals surface area contributed by atoms with E-state index in [0.717, 1.165) is 0 Å². The van der Waals surface area contributed by atoms with E-state index in [1.54, 1.807) is 6.92 Å². The summed E-state index contributed by atoms with van der Waals surface area (Å²) in [6, 6.07) is 0. The molecule has 0 heterocycles. The zero-order chi connectivity index (χ0) is 6.08. The molecular weight excluding hydrogens is 433 g/mol. The molecular formula is C3H5I3O. The first kappa shape index (κ1) is 9.15. The fraction of sp³-hybridized carbons (Fsp3) is 1.00. The van der Waals surface area contributed by atoms with Crippen molar-refractivity contribution in [2.24, 2.45) is 0 Å². The highest BCUT2D eigenvalue weighted by molar-refractivity contribution is 14.2. The third-order valence-corrected chi connectivity index (χ3v) is 5.83. The highest BCUT2D eigenvalue weighted by Crippen LogP contribution is 2.29. The van der Waals surface area contributed by atoms with Gasteiger partial charge in [0, 0.05) is 0 Å². The smallest absolute Gasteiger partial charge is 0.133 e. The Hall–Kier alpha value is 2.15. The van der Waals surface area contributed by atoms with E-state index >= 15 is 0 Å². The Morgan fingerprint density at radius 2 is 1.71 bits per heavy atom. The number of halogens is 3. The summed E-state index contributed by atoms with van der Waals surface area (Å²) in [7, 11) is 0. The normalized spacial score (nSPS) is 19.7. The van der Waals surface area contributed by atoms with E-state index in [9.17, 15) is 0 Å². The molecule has 0 aliphatic carbocycles. The molecule has 0 fully saturated rings. The summed E-state index contributed by atoms with van der Waals surface area (Å²) in [5.41, 5.74) is 0. The van der Waals surface area contributed by atoms with E-state index in [0.29, 0.717) is 0 Å². The van der Waals surface area contributed by atoms with Crippen LogP contribution >= 0.6 is 67.8 Å². The van der Waals surface area contributed by atoms with Gasteiger partial charge in [0.15, 0.2) is 0 Å². The van der Waals surface area contributed by atoms with Crippen LogP contribution in [0.2, 0.25) is 0 Å². The topological polar surface area (TPSA) is 20.2 Å². The van der Waals surface area contributed by atoms with Gasteiger partial charge < -0.3 is 5.11 Å². The van der Waals surface area contributed by atoms with Gasteiger partial charge in [-0.25, -0.2) is 0 Å². The number of rotatable bonds is 1. The van der Waals surface area contributed by atoms with Gasteiger partial charge in [0.2, 0.25) is 0 Å².